The summed E-state index contributed by atoms with van der Waals surface area (Å²) in [5.74, 6) is 0. The highest BCUT2D eigenvalue weighted by atomic mass is 35.5. The molecule has 0 aromatic carbocycles. The Kier molecular flexibility index (Phi) is 16.8. The van der Waals surface area contributed by atoms with Crippen LogP contribution in [0.5, 0.6) is 0 Å². The van der Waals surface area contributed by atoms with Crippen LogP contribution in [-0.2, 0) is 0 Å². The first-order valence-corrected chi connectivity index (χ1v) is 8.56. The molecule has 0 aliphatic rings. The Hall–Kier alpha value is 0.170. The molecule has 4 heteroatoms. The van der Waals surface area contributed by atoms with Crippen molar-refractivity contribution < 1.29 is 10.2 Å². The average molecular weight is 324 g/mol. The van der Waals surface area contributed by atoms with Gasteiger partial charge in [0.25, 0.3) is 0 Å². The summed E-state index contributed by atoms with van der Waals surface area (Å²) in [6, 6.07) is 0. The van der Waals surface area contributed by atoms with Gasteiger partial charge in [0.15, 0.2) is 0 Å². The first-order chi connectivity index (χ1) is 9.52. The van der Waals surface area contributed by atoms with Gasteiger partial charge in [0.1, 0.15) is 0 Å². The number of unbranched alkanes of at least 4 members (excludes halogenated alkanes) is 8. The second-order valence-electron chi connectivity index (χ2n) is 6.68. The van der Waals surface area contributed by atoms with Crippen LogP contribution in [0.4, 0.5) is 0 Å². The second-order valence-corrected chi connectivity index (χ2v) is 6.68. The van der Waals surface area contributed by atoms with Crippen molar-refractivity contribution in [3.63, 3.8) is 0 Å². The monoisotopic (exact) mass is 323 g/mol. The van der Waals surface area contributed by atoms with Gasteiger partial charge in [-0.05, 0) is 20.3 Å². The molecule has 0 aromatic rings. The molecule has 3 N–H and O–H groups in total. The number of aliphatic hydroxyl groups is 2. The van der Waals surface area contributed by atoms with Gasteiger partial charge in [-0.25, -0.2) is 0 Å². The first-order valence-electron chi connectivity index (χ1n) is 8.56. The van der Waals surface area contributed by atoms with Crippen LogP contribution in [0.15, 0.2) is 0 Å². The standard InChI is InChI=1S/C17H37NO2.ClH/c1-4-5-6-7-8-9-10-11-12-13-17(2,3)18-14-16(20)15-19;/h16,18-20H,4-15H2,1-3H3;1H. The zero-order valence-corrected chi connectivity index (χ0v) is 15.2. The summed E-state index contributed by atoms with van der Waals surface area (Å²) in [6.07, 6.45) is 12.7. The van der Waals surface area contributed by atoms with E-state index in [2.05, 4.69) is 26.1 Å². The fraction of sp³-hybridized carbons (Fsp3) is 1.00. The molecule has 3 nitrogen and oxygen atoms in total. The van der Waals surface area contributed by atoms with Gasteiger partial charge in [0.05, 0.1) is 12.7 Å². The van der Waals surface area contributed by atoms with Crippen molar-refractivity contribution >= 4 is 12.4 Å². The minimum absolute atomic E-state index is 0. The van der Waals surface area contributed by atoms with Crippen molar-refractivity contribution in [2.75, 3.05) is 13.2 Å². The lowest BCUT2D eigenvalue weighted by Crippen LogP contribution is -2.44. The van der Waals surface area contributed by atoms with Crippen molar-refractivity contribution in [2.24, 2.45) is 0 Å². The Balaban J connectivity index is 0. The summed E-state index contributed by atoms with van der Waals surface area (Å²) in [5.41, 5.74) is 0.0529. The lowest BCUT2D eigenvalue weighted by Gasteiger charge is -2.27. The Bertz CT molecular complexity index is 213. The second kappa shape index (κ2) is 15.1. The summed E-state index contributed by atoms with van der Waals surface area (Å²) in [7, 11) is 0. The number of β-amino-alcohol motifs (C(OH)–C–C–N with tert-alkyl or cyclic N) is 1. The molecular weight excluding hydrogens is 286 g/mol. The fourth-order valence-electron chi connectivity index (χ4n) is 2.42. The van der Waals surface area contributed by atoms with E-state index in [-0.39, 0.29) is 24.6 Å². The molecule has 0 saturated heterocycles. The molecule has 0 radical (unpaired) electrons. The molecule has 1 atom stereocenters. The number of nitrogens with one attached hydrogen (secondary N) is 1. The van der Waals surface area contributed by atoms with Crippen LogP contribution in [0.1, 0.15) is 85.0 Å². The third-order valence-corrected chi connectivity index (χ3v) is 3.93. The van der Waals surface area contributed by atoms with Crippen molar-refractivity contribution in [3.05, 3.63) is 0 Å². The number of halogens is 1. The Labute approximate surface area is 138 Å². The van der Waals surface area contributed by atoms with E-state index >= 15 is 0 Å². The van der Waals surface area contributed by atoms with E-state index in [9.17, 15) is 5.11 Å². The Morgan fingerprint density at radius 1 is 0.905 bits per heavy atom. The van der Waals surface area contributed by atoms with Crippen LogP contribution in [0.25, 0.3) is 0 Å². The molecule has 0 saturated carbocycles. The number of rotatable bonds is 14. The van der Waals surface area contributed by atoms with Crippen molar-refractivity contribution in [1.29, 1.82) is 0 Å². The van der Waals surface area contributed by atoms with Crippen molar-refractivity contribution in [1.82, 2.24) is 5.32 Å². The topological polar surface area (TPSA) is 52.5 Å². The van der Waals surface area contributed by atoms with Crippen LogP contribution in [0, 0.1) is 0 Å². The highest BCUT2D eigenvalue weighted by Gasteiger charge is 2.17. The normalized spacial score (nSPS) is 13.0. The molecule has 130 valence electrons. The maximum absolute atomic E-state index is 9.34. The summed E-state index contributed by atoms with van der Waals surface area (Å²) < 4.78 is 0. The van der Waals surface area contributed by atoms with Gasteiger partial charge < -0.3 is 15.5 Å². The first kappa shape index (κ1) is 23.4. The molecule has 0 heterocycles. The van der Waals surface area contributed by atoms with E-state index < -0.39 is 6.10 Å². The van der Waals surface area contributed by atoms with E-state index in [1.54, 1.807) is 0 Å². The fourth-order valence-corrected chi connectivity index (χ4v) is 2.42. The molecule has 0 bridgehead atoms. The van der Waals surface area contributed by atoms with Gasteiger partial charge in [-0.2, -0.15) is 0 Å². The van der Waals surface area contributed by atoms with Gasteiger partial charge in [-0.15, -0.1) is 12.4 Å². The summed E-state index contributed by atoms with van der Waals surface area (Å²) in [4.78, 5) is 0. The van der Waals surface area contributed by atoms with Gasteiger partial charge in [-0.1, -0.05) is 64.7 Å². The lowest BCUT2D eigenvalue weighted by atomic mass is 9.95. The Morgan fingerprint density at radius 3 is 1.86 bits per heavy atom. The van der Waals surface area contributed by atoms with E-state index in [1.165, 1.54) is 57.8 Å². The molecule has 0 rings (SSSR count). The minimum Gasteiger partial charge on any atom is -0.394 e. The van der Waals surface area contributed by atoms with Crippen LogP contribution in [0.2, 0.25) is 0 Å². The smallest absolute Gasteiger partial charge is 0.0895 e. The zero-order chi connectivity index (χ0) is 15.3. The lowest BCUT2D eigenvalue weighted by molar-refractivity contribution is 0.0869. The number of hydrogen-bond donors (Lipinski definition) is 3. The highest BCUT2D eigenvalue weighted by Crippen LogP contribution is 2.16. The summed E-state index contributed by atoms with van der Waals surface area (Å²) in [5, 5.41) is 21.5. The zero-order valence-electron chi connectivity index (χ0n) is 14.4. The van der Waals surface area contributed by atoms with Crippen LogP contribution >= 0.6 is 12.4 Å². The van der Waals surface area contributed by atoms with Crippen molar-refractivity contribution in [2.45, 2.75) is 96.6 Å². The Morgan fingerprint density at radius 2 is 1.38 bits per heavy atom. The van der Waals surface area contributed by atoms with Gasteiger partial charge in [0, 0.05) is 12.1 Å². The molecular formula is C17H38ClNO2. The largest absolute Gasteiger partial charge is 0.394 e. The van der Waals surface area contributed by atoms with E-state index in [1.807, 2.05) is 0 Å². The molecule has 0 aliphatic carbocycles. The van der Waals surface area contributed by atoms with Gasteiger partial charge >= 0.3 is 0 Å². The predicted octanol–water partition coefficient (Wildman–Crippen LogP) is 4.05. The molecule has 0 amide bonds. The third kappa shape index (κ3) is 16.4. The van der Waals surface area contributed by atoms with Crippen LogP contribution in [-0.4, -0.2) is 35.0 Å². The summed E-state index contributed by atoms with van der Waals surface area (Å²) >= 11 is 0. The maximum atomic E-state index is 9.34. The number of aliphatic hydroxyl groups excluding tert-OH is 2. The molecule has 21 heavy (non-hydrogen) atoms. The van der Waals surface area contributed by atoms with Crippen LogP contribution < -0.4 is 5.32 Å². The molecule has 0 aromatic heterocycles. The summed E-state index contributed by atoms with van der Waals surface area (Å²) in [6.45, 7) is 6.90. The minimum atomic E-state index is -0.641. The molecule has 0 fully saturated rings. The van der Waals surface area contributed by atoms with Gasteiger partial charge in [0.2, 0.25) is 0 Å². The quantitative estimate of drug-likeness (QED) is 0.423. The average Bonchev–Trinajstić information content (AvgIpc) is 2.43. The highest BCUT2D eigenvalue weighted by molar-refractivity contribution is 5.85. The SMILES string of the molecule is CCCCCCCCCCCC(C)(C)NCC(O)CO.Cl. The predicted molar refractivity (Wildman–Crippen MR) is 94.3 cm³/mol. The van der Waals surface area contributed by atoms with Gasteiger partial charge in [-0.3, -0.25) is 0 Å². The van der Waals surface area contributed by atoms with Crippen LogP contribution in [0.3, 0.4) is 0 Å². The molecule has 0 spiro atoms. The van der Waals surface area contributed by atoms with E-state index in [0.717, 1.165) is 6.42 Å². The van der Waals surface area contributed by atoms with E-state index in [0.29, 0.717) is 6.54 Å². The van der Waals surface area contributed by atoms with E-state index in [4.69, 9.17) is 5.11 Å². The maximum Gasteiger partial charge on any atom is 0.0895 e. The number of hydrogen-bond acceptors (Lipinski definition) is 3. The third-order valence-electron chi connectivity index (χ3n) is 3.93. The molecule has 1 unspecified atom stereocenters. The van der Waals surface area contributed by atoms with Crippen molar-refractivity contribution in [3.8, 4) is 0 Å². The molecule has 0 aliphatic heterocycles.